The molecule has 0 radical (unpaired) electrons. The van der Waals surface area contributed by atoms with E-state index in [1.807, 2.05) is 0 Å². The molecule has 2 atom stereocenters. The molecule has 24 heavy (non-hydrogen) atoms. The normalized spacial score (nSPS) is 26.3. The molecule has 0 aliphatic carbocycles. The molecule has 0 aromatic rings. The maximum absolute atomic E-state index is 14.2. The molecule has 7 nitrogen and oxygen atoms in total. The Morgan fingerprint density at radius 3 is 2.04 bits per heavy atom. The number of alkyl halides is 2. The highest BCUT2D eigenvalue weighted by Gasteiger charge is 2.61. The van der Waals surface area contributed by atoms with Crippen molar-refractivity contribution in [2.24, 2.45) is 0 Å². The van der Waals surface area contributed by atoms with E-state index in [9.17, 15) is 18.4 Å². The van der Waals surface area contributed by atoms with Crippen molar-refractivity contribution in [3.8, 4) is 0 Å². The number of hydrazine groups is 1. The predicted octanol–water partition coefficient (Wildman–Crippen LogP) is 2.36. The van der Waals surface area contributed by atoms with Gasteiger partial charge in [-0.15, -0.1) is 0 Å². The van der Waals surface area contributed by atoms with E-state index in [2.05, 4.69) is 5.43 Å². The van der Waals surface area contributed by atoms with Crippen LogP contribution in [0.25, 0.3) is 0 Å². The second-order valence-corrected chi connectivity index (χ2v) is 8.13. The first-order valence-corrected chi connectivity index (χ1v) is 7.84. The van der Waals surface area contributed by atoms with E-state index >= 15 is 0 Å². The fourth-order valence-corrected chi connectivity index (χ4v) is 2.66. The molecule has 1 N–H and O–H groups in total. The summed E-state index contributed by atoms with van der Waals surface area (Å²) in [5.41, 5.74) is 0.936. The van der Waals surface area contributed by atoms with Crippen LogP contribution in [-0.4, -0.2) is 64.4 Å². The second kappa shape index (κ2) is 5.72. The Balaban J connectivity index is 2.12. The van der Waals surface area contributed by atoms with Gasteiger partial charge in [0.15, 0.2) is 0 Å². The van der Waals surface area contributed by atoms with Gasteiger partial charge in [0, 0.05) is 0 Å². The first-order chi connectivity index (χ1) is 10.7. The summed E-state index contributed by atoms with van der Waals surface area (Å²) in [5.74, 6) is -3.17. The van der Waals surface area contributed by atoms with E-state index in [-0.39, 0.29) is 6.54 Å². The standard InChI is InChI=1S/C15H25F2N3O4/c1-13(2,3)23-11(21)19-8-15(16,17)10-9(19)7-20(18-10)12(22)24-14(4,5)6/h9-10,18H,7-8H2,1-6H3/t9-,10+/m0/s1. The maximum Gasteiger partial charge on any atom is 0.424 e. The highest BCUT2D eigenvalue weighted by molar-refractivity contribution is 5.71. The summed E-state index contributed by atoms with van der Waals surface area (Å²) in [6.07, 6.45) is -1.57. The first kappa shape index (κ1) is 18.7. The number of halogens is 2. The van der Waals surface area contributed by atoms with E-state index < -0.39 is 47.9 Å². The number of hydrogen-bond acceptors (Lipinski definition) is 5. The van der Waals surface area contributed by atoms with E-state index in [0.717, 1.165) is 9.91 Å². The van der Waals surface area contributed by atoms with Crippen molar-refractivity contribution in [2.45, 2.75) is 70.8 Å². The Bertz CT molecular complexity index is 528. The van der Waals surface area contributed by atoms with Crippen LogP contribution in [0.15, 0.2) is 0 Å². The summed E-state index contributed by atoms with van der Waals surface area (Å²) >= 11 is 0. The highest BCUT2D eigenvalue weighted by Crippen LogP contribution is 2.37. The van der Waals surface area contributed by atoms with E-state index in [1.165, 1.54) is 0 Å². The van der Waals surface area contributed by atoms with Gasteiger partial charge < -0.3 is 9.47 Å². The third-order valence-electron chi connectivity index (χ3n) is 3.53. The Labute approximate surface area is 140 Å². The largest absolute Gasteiger partial charge is 0.444 e. The van der Waals surface area contributed by atoms with Gasteiger partial charge in [-0.3, -0.25) is 4.90 Å². The Morgan fingerprint density at radius 2 is 1.54 bits per heavy atom. The SMILES string of the molecule is CC(C)(C)OC(=O)N1C[C@H]2[C@@H](N1)C(F)(F)CN2C(=O)OC(C)(C)C. The second-order valence-electron chi connectivity index (χ2n) is 8.13. The van der Waals surface area contributed by atoms with Crippen LogP contribution in [0.2, 0.25) is 0 Å². The molecule has 0 spiro atoms. The molecule has 2 rings (SSSR count). The molecule has 0 aromatic heterocycles. The molecular weight excluding hydrogens is 324 g/mol. The number of fused-ring (bicyclic) bond motifs is 1. The third-order valence-corrected chi connectivity index (χ3v) is 3.53. The molecule has 2 saturated heterocycles. The van der Waals surface area contributed by atoms with Crippen LogP contribution in [0, 0.1) is 0 Å². The van der Waals surface area contributed by atoms with Gasteiger partial charge in [-0.2, -0.15) is 0 Å². The Morgan fingerprint density at radius 1 is 1.04 bits per heavy atom. The fourth-order valence-electron chi connectivity index (χ4n) is 2.66. The third kappa shape index (κ3) is 4.06. The number of hydrogen-bond donors (Lipinski definition) is 1. The van der Waals surface area contributed by atoms with E-state index in [1.54, 1.807) is 41.5 Å². The molecule has 0 aromatic carbocycles. The summed E-state index contributed by atoms with van der Waals surface area (Å²) in [4.78, 5) is 25.3. The quantitative estimate of drug-likeness (QED) is 0.727. The summed E-state index contributed by atoms with van der Waals surface area (Å²) < 4.78 is 38.8. The van der Waals surface area contributed by atoms with Crippen molar-refractivity contribution in [2.75, 3.05) is 13.1 Å². The van der Waals surface area contributed by atoms with Crippen LogP contribution in [0.4, 0.5) is 18.4 Å². The predicted molar refractivity (Wildman–Crippen MR) is 81.5 cm³/mol. The van der Waals surface area contributed by atoms with Gasteiger partial charge in [0.05, 0.1) is 19.1 Å². The topological polar surface area (TPSA) is 71.1 Å². The van der Waals surface area contributed by atoms with Gasteiger partial charge in [-0.1, -0.05) is 0 Å². The van der Waals surface area contributed by atoms with Crippen molar-refractivity contribution < 1.29 is 27.8 Å². The van der Waals surface area contributed by atoms with Gasteiger partial charge in [-0.05, 0) is 41.5 Å². The number of amides is 2. The summed E-state index contributed by atoms with van der Waals surface area (Å²) in [6, 6.07) is -2.22. The smallest absolute Gasteiger partial charge is 0.424 e. The Kier molecular flexibility index (Phi) is 4.45. The van der Waals surface area contributed by atoms with Crippen molar-refractivity contribution in [1.82, 2.24) is 15.3 Å². The number of nitrogens with one attached hydrogen (secondary N) is 1. The van der Waals surface area contributed by atoms with Crippen molar-refractivity contribution in [3.63, 3.8) is 0 Å². The van der Waals surface area contributed by atoms with Gasteiger partial charge in [-0.25, -0.2) is 28.8 Å². The molecule has 2 fully saturated rings. The summed E-state index contributed by atoms with van der Waals surface area (Å²) in [5, 5.41) is 0.991. The minimum Gasteiger partial charge on any atom is -0.444 e. The number of likely N-dealkylation sites (tertiary alicyclic amines) is 1. The molecule has 0 unspecified atom stereocenters. The van der Waals surface area contributed by atoms with Crippen LogP contribution < -0.4 is 5.43 Å². The van der Waals surface area contributed by atoms with E-state index in [4.69, 9.17) is 9.47 Å². The number of ether oxygens (including phenoxy) is 2. The van der Waals surface area contributed by atoms with Crippen LogP contribution >= 0.6 is 0 Å². The number of nitrogens with zero attached hydrogens (tertiary/aromatic N) is 2. The molecule has 138 valence electrons. The minimum absolute atomic E-state index is 0.0889. The minimum atomic E-state index is -3.17. The maximum atomic E-state index is 14.2. The van der Waals surface area contributed by atoms with Crippen LogP contribution in [0.3, 0.4) is 0 Å². The van der Waals surface area contributed by atoms with Crippen molar-refractivity contribution in [3.05, 3.63) is 0 Å². The van der Waals surface area contributed by atoms with E-state index in [0.29, 0.717) is 0 Å². The molecule has 2 amide bonds. The van der Waals surface area contributed by atoms with Gasteiger partial charge in [0.25, 0.3) is 5.92 Å². The summed E-state index contributed by atoms with van der Waals surface area (Å²) in [7, 11) is 0. The van der Waals surface area contributed by atoms with Crippen LogP contribution in [-0.2, 0) is 9.47 Å². The van der Waals surface area contributed by atoms with Crippen LogP contribution in [0.1, 0.15) is 41.5 Å². The summed E-state index contributed by atoms with van der Waals surface area (Å²) in [6.45, 7) is 9.21. The average Bonchev–Trinajstić information content (AvgIpc) is 2.85. The molecule has 9 heteroatoms. The lowest BCUT2D eigenvalue weighted by molar-refractivity contribution is -0.0335. The zero-order chi connectivity index (χ0) is 18.5. The molecule has 2 heterocycles. The Hall–Kier alpha value is -1.64. The lowest BCUT2D eigenvalue weighted by atomic mass is 10.1. The number of rotatable bonds is 0. The lowest BCUT2D eigenvalue weighted by Crippen LogP contribution is -2.49. The molecule has 2 aliphatic heterocycles. The van der Waals surface area contributed by atoms with Crippen LogP contribution in [0.5, 0.6) is 0 Å². The molecule has 0 saturated carbocycles. The van der Waals surface area contributed by atoms with Gasteiger partial charge >= 0.3 is 12.2 Å². The molecule has 2 aliphatic rings. The lowest BCUT2D eigenvalue weighted by Gasteiger charge is -2.28. The average molecular weight is 349 g/mol. The van der Waals surface area contributed by atoms with Gasteiger partial charge in [0.1, 0.15) is 17.2 Å². The monoisotopic (exact) mass is 349 g/mol. The molecule has 0 bridgehead atoms. The zero-order valence-corrected chi connectivity index (χ0v) is 14.9. The first-order valence-electron chi connectivity index (χ1n) is 7.84. The highest BCUT2D eigenvalue weighted by atomic mass is 19.3. The van der Waals surface area contributed by atoms with Crippen molar-refractivity contribution >= 4 is 12.2 Å². The zero-order valence-electron chi connectivity index (χ0n) is 14.9. The fraction of sp³-hybridized carbons (Fsp3) is 0.867. The number of carbonyl (C=O) groups is 2. The van der Waals surface area contributed by atoms with Gasteiger partial charge in [0.2, 0.25) is 0 Å². The van der Waals surface area contributed by atoms with Crippen molar-refractivity contribution in [1.29, 1.82) is 0 Å². The number of carbonyl (C=O) groups excluding carboxylic acids is 2. The molecular formula is C15H25F2N3O4.